The van der Waals surface area contributed by atoms with Crippen molar-refractivity contribution in [2.24, 2.45) is 17.8 Å². The van der Waals surface area contributed by atoms with Crippen LogP contribution in [0.4, 0.5) is 4.39 Å². The lowest BCUT2D eigenvalue weighted by atomic mass is 9.52. The molecule has 0 saturated heterocycles. The molecular formula is C15H20FNS. The Hall–Kier alpha value is -0.410. The molecule has 2 atom stereocenters. The molecular weight excluding hydrogens is 245 g/mol. The van der Waals surface area contributed by atoms with Crippen molar-refractivity contribution in [3.63, 3.8) is 0 Å². The first-order valence-electron chi connectivity index (χ1n) is 7.16. The molecule has 1 aromatic rings. The van der Waals surface area contributed by atoms with Gasteiger partial charge in [0.2, 0.25) is 0 Å². The van der Waals surface area contributed by atoms with Gasteiger partial charge in [0.25, 0.3) is 0 Å². The zero-order valence-corrected chi connectivity index (χ0v) is 11.4. The summed E-state index contributed by atoms with van der Waals surface area (Å²) < 4.78 is 14.1. The molecule has 4 fully saturated rings. The lowest BCUT2D eigenvalue weighted by molar-refractivity contribution is -0.0789. The summed E-state index contributed by atoms with van der Waals surface area (Å²) in [6.07, 6.45) is 5.25. The second kappa shape index (κ2) is 4.04. The van der Waals surface area contributed by atoms with Crippen molar-refractivity contribution >= 4 is 11.3 Å². The molecule has 2 unspecified atom stereocenters. The van der Waals surface area contributed by atoms with Gasteiger partial charge in [0.1, 0.15) is 6.17 Å². The van der Waals surface area contributed by atoms with E-state index in [9.17, 15) is 4.39 Å². The van der Waals surface area contributed by atoms with E-state index in [0.29, 0.717) is 11.8 Å². The first kappa shape index (κ1) is 11.4. The molecule has 18 heavy (non-hydrogen) atoms. The van der Waals surface area contributed by atoms with E-state index in [2.05, 4.69) is 22.8 Å². The molecule has 1 aromatic heterocycles. The quantitative estimate of drug-likeness (QED) is 0.877. The number of rotatable bonds is 3. The Morgan fingerprint density at radius 2 is 2.06 bits per heavy atom. The fourth-order valence-corrected chi connectivity index (χ4v) is 5.51. The second-order valence-electron chi connectivity index (χ2n) is 6.63. The molecule has 4 aliphatic carbocycles. The maximum absolute atomic E-state index is 14.1. The zero-order valence-electron chi connectivity index (χ0n) is 10.6. The molecule has 1 nitrogen and oxygen atoms in total. The third-order valence-electron chi connectivity index (χ3n) is 5.38. The zero-order chi connectivity index (χ0) is 12.2. The molecule has 5 rings (SSSR count). The topological polar surface area (TPSA) is 12.0 Å². The van der Waals surface area contributed by atoms with Crippen LogP contribution < -0.4 is 5.32 Å². The molecule has 1 N–H and O–H groups in total. The van der Waals surface area contributed by atoms with Crippen molar-refractivity contribution in [2.75, 3.05) is 0 Å². The lowest BCUT2D eigenvalue weighted by Gasteiger charge is -2.58. The van der Waals surface area contributed by atoms with Crippen LogP contribution in [0, 0.1) is 17.8 Å². The van der Waals surface area contributed by atoms with Crippen LogP contribution >= 0.6 is 11.3 Å². The second-order valence-corrected chi connectivity index (χ2v) is 7.66. The number of thiophene rings is 1. The van der Waals surface area contributed by atoms with E-state index in [1.54, 1.807) is 0 Å². The number of nitrogens with one attached hydrogen (secondary N) is 1. The van der Waals surface area contributed by atoms with Crippen LogP contribution in [-0.4, -0.2) is 11.7 Å². The average Bonchev–Trinajstić information content (AvgIpc) is 2.86. The Bertz CT molecular complexity index is 414. The largest absolute Gasteiger partial charge is 0.306 e. The van der Waals surface area contributed by atoms with Gasteiger partial charge in [-0.2, -0.15) is 0 Å². The summed E-state index contributed by atoms with van der Waals surface area (Å²) in [5.41, 5.74) is 0.267. The van der Waals surface area contributed by atoms with Crippen LogP contribution in [0.3, 0.4) is 0 Å². The lowest BCUT2D eigenvalue weighted by Crippen LogP contribution is -2.61. The summed E-state index contributed by atoms with van der Waals surface area (Å²) >= 11 is 1.82. The summed E-state index contributed by atoms with van der Waals surface area (Å²) in [7, 11) is 0. The summed E-state index contributed by atoms with van der Waals surface area (Å²) in [4.78, 5) is 1.41. The van der Waals surface area contributed by atoms with Crippen LogP contribution in [0.25, 0.3) is 0 Å². The standard InChI is InChI=1S/C15H20FNS/c16-14-11-4-10-5-12(14)8-15(6-10,7-11)17-9-13-2-1-3-18-13/h1-3,10-12,14,17H,4-9H2. The van der Waals surface area contributed by atoms with E-state index in [1.807, 2.05) is 11.3 Å². The highest BCUT2D eigenvalue weighted by Crippen LogP contribution is 2.56. The van der Waals surface area contributed by atoms with Gasteiger partial charge in [-0.05, 0) is 61.3 Å². The Morgan fingerprint density at radius 1 is 1.28 bits per heavy atom. The highest BCUT2D eigenvalue weighted by atomic mass is 32.1. The Kier molecular flexibility index (Phi) is 2.56. The fraction of sp³-hybridized carbons (Fsp3) is 0.733. The third kappa shape index (κ3) is 1.75. The first-order chi connectivity index (χ1) is 8.74. The molecule has 0 aliphatic heterocycles. The maximum Gasteiger partial charge on any atom is 0.106 e. The Labute approximate surface area is 112 Å². The van der Waals surface area contributed by atoms with Crippen LogP contribution in [0.1, 0.15) is 37.0 Å². The highest BCUT2D eigenvalue weighted by molar-refractivity contribution is 7.09. The maximum atomic E-state index is 14.1. The van der Waals surface area contributed by atoms with Crippen molar-refractivity contribution in [1.82, 2.24) is 5.32 Å². The summed E-state index contributed by atoms with van der Waals surface area (Å²) in [5.74, 6) is 1.50. The summed E-state index contributed by atoms with van der Waals surface area (Å²) in [5, 5.41) is 5.93. The molecule has 4 bridgehead atoms. The number of halogens is 1. The van der Waals surface area contributed by atoms with Crippen molar-refractivity contribution < 1.29 is 4.39 Å². The molecule has 1 heterocycles. The molecule has 0 aromatic carbocycles. The smallest absolute Gasteiger partial charge is 0.106 e. The monoisotopic (exact) mass is 265 g/mol. The van der Waals surface area contributed by atoms with Crippen molar-refractivity contribution in [3.05, 3.63) is 22.4 Å². The van der Waals surface area contributed by atoms with E-state index >= 15 is 0 Å². The molecule has 4 saturated carbocycles. The minimum atomic E-state index is -0.502. The number of hydrogen-bond donors (Lipinski definition) is 1. The van der Waals surface area contributed by atoms with Crippen molar-refractivity contribution in [2.45, 2.75) is 50.4 Å². The predicted molar refractivity (Wildman–Crippen MR) is 72.3 cm³/mol. The van der Waals surface area contributed by atoms with E-state index < -0.39 is 6.17 Å². The molecule has 0 radical (unpaired) electrons. The molecule has 98 valence electrons. The average molecular weight is 265 g/mol. The number of hydrogen-bond acceptors (Lipinski definition) is 2. The van der Waals surface area contributed by atoms with Gasteiger partial charge in [0, 0.05) is 17.0 Å². The van der Waals surface area contributed by atoms with Gasteiger partial charge in [-0.15, -0.1) is 11.3 Å². The van der Waals surface area contributed by atoms with Gasteiger partial charge in [-0.3, -0.25) is 0 Å². The highest BCUT2D eigenvalue weighted by Gasteiger charge is 2.55. The van der Waals surface area contributed by atoms with Crippen molar-refractivity contribution in [1.29, 1.82) is 0 Å². The fourth-order valence-electron chi connectivity index (χ4n) is 4.87. The molecule has 0 amide bonds. The van der Waals surface area contributed by atoms with Gasteiger partial charge in [0.05, 0.1) is 0 Å². The van der Waals surface area contributed by atoms with Gasteiger partial charge in [0.15, 0.2) is 0 Å². The first-order valence-corrected chi connectivity index (χ1v) is 8.04. The Balaban J connectivity index is 1.50. The predicted octanol–water partition coefficient (Wildman–Crippen LogP) is 3.75. The van der Waals surface area contributed by atoms with E-state index in [1.165, 1.54) is 11.3 Å². The minimum absolute atomic E-state index is 0.267. The van der Waals surface area contributed by atoms with Gasteiger partial charge < -0.3 is 5.32 Å². The normalized spacial score (nSPS) is 45.6. The van der Waals surface area contributed by atoms with Crippen LogP contribution in [0.5, 0.6) is 0 Å². The summed E-state index contributed by atoms with van der Waals surface area (Å²) in [6.45, 7) is 0.973. The number of alkyl halides is 1. The van der Waals surface area contributed by atoms with E-state index in [-0.39, 0.29) is 5.54 Å². The molecule has 4 aliphatic rings. The third-order valence-corrected chi connectivity index (χ3v) is 6.25. The van der Waals surface area contributed by atoms with Gasteiger partial charge >= 0.3 is 0 Å². The van der Waals surface area contributed by atoms with Crippen LogP contribution in [0.15, 0.2) is 17.5 Å². The molecule has 0 spiro atoms. The molecule has 3 heteroatoms. The van der Waals surface area contributed by atoms with Crippen LogP contribution in [-0.2, 0) is 6.54 Å². The minimum Gasteiger partial charge on any atom is -0.306 e. The van der Waals surface area contributed by atoms with E-state index in [0.717, 1.165) is 38.1 Å². The van der Waals surface area contributed by atoms with E-state index in [4.69, 9.17) is 0 Å². The van der Waals surface area contributed by atoms with Gasteiger partial charge in [-0.1, -0.05) is 6.07 Å². The van der Waals surface area contributed by atoms with Crippen molar-refractivity contribution in [3.8, 4) is 0 Å². The summed E-state index contributed by atoms with van der Waals surface area (Å²) in [6, 6.07) is 4.30. The van der Waals surface area contributed by atoms with Gasteiger partial charge in [-0.25, -0.2) is 4.39 Å². The SMILES string of the molecule is FC1C2CC3CC1CC(NCc1cccs1)(C3)C2. The van der Waals surface area contributed by atoms with Crippen LogP contribution in [0.2, 0.25) is 0 Å². The Morgan fingerprint density at radius 3 is 2.72 bits per heavy atom.